The van der Waals surface area contributed by atoms with Crippen LogP contribution < -0.4 is 14.8 Å². The van der Waals surface area contributed by atoms with Gasteiger partial charge in [0.05, 0.1) is 5.02 Å². The molecular weight excluding hydrogens is 389 g/mol. The Bertz CT molecular complexity index is 1100. The van der Waals surface area contributed by atoms with Gasteiger partial charge in [0.2, 0.25) is 12.7 Å². The predicted octanol–water partition coefficient (Wildman–Crippen LogP) is 3.14. The molecule has 0 unspecified atom stereocenters. The number of ether oxygens (including phenoxy) is 2. The largest absolute Gasteiger partial charge is 0.454 e. The van der Waals surface area contributed by atoms with E-state index in [0.29, 0.717) is 33.6 Å². The highest BCUT2D eigenvalue weighted by molar-refractivity contribution is 6.32. The molecule has 8 nitrogen and oxygen atoms in total. The second-order valence-electron chi connectivity index (χ2n) is 5.86. The van der Waals surface area contributed by atoms with Crippen molar-refractivity contribution >= 4 is 29.3 Å². The van der Waals surface area contributed by atoms with Crippen molar-refractivity contribution in [2.45, 2.75) is 6.92 Å². The van der Waals surface area contributed by atoms with Crippen LogP contribution in [0.25, 0.3) is 11.8 Å². The Hall–Kier alpha value is -3.46. The minimum absolute atomic E-state index is 0.108. The molecule has 1 amide bonds. The Morgan fingerprint density at radius 2 is 2.18 bits per heavy atom. The Balaban J connectivity index is 1.51. The standard InChI is InChI=1S/C18H13ClFN5O3/c1-10-22-23-24-25(10)15-8-12(3-4-14(15)20)21-17(26)5-2-11-6-13(19)18-16(7-11)27-9-28-18/h2-8H,9H2,1H3,(H,21,26)/b5-2+. The van der Waals surface area contributed by atoms with Gasteiger partial charge in [-0.1, -0.05) is 11.6 Å². The van der Waals surface area contributed by atoms with E-state index in [-0.39, 0.29) is 12.5 Å². The van der Waals surface area contributed by atoms with Gasteiger partial charge in [-0.25, -0.2) is 4.39 Å². The number of anilines is 1. The molecule has 0 saturated heterocycles. The van der Waals surface area contributed by atoms with Crippen LogP contribution in [-0.4, -0.2) is 32.9 Å². The molecule has 1 aliphatic rings. The highest BCUT2D eigenvalue weighted by atomic mass is 35.5. The van der Waals surface area contributed by atoms with E-state index in [0.717, 1.165) is 0 Å². The maximum atomic E-state index is 14.1. The van der Waals surface area contributed by atoms with Crippen LogP contribution in [0.4, 0.5) is 10.1 Å². The highest BCUT2D eigenvalue weighted by Gasteiger charge is 2.17. The van der Waals surface area contributed by atoms with E-state index in [2.05, 4.69) is 20.8 Å². The lowest BCUT2D eigenvalue weighted by atomic mass is 10.2. The zero-order valence-electron chi connectivity index (χ0n) is 14.5. The normalized spacial score (nSPS) is 12.5. The van der Waals surface area contributed by atoms with Gasteiger partial charge in [0.1, 0.15) is 11.5 Å². The number of benzene rings is 2. The third-order valence-electron chi connectivity index (χ3n) is 3.94. The molecule has 4 rings (SSSR count). The lowest BCUT2D eigenvalue weighted by Crippen LogP contribution is -2.09. The van der Waals surface area contributed by atoms with Gasteiger partial charge >= 0.3 is 0 Å². The Labute approximate surface area is 163 Å². The number of carbonyl (C=O) groups excluding carboxylic acids is 1. The Kier molecular flexibility index (Phi) is 4.66. The van der Waals surface area contributed by atoms with Crippen molar-refractivity contribution in [3.63, 3.8) is 0 Å². The zero-order chi connectivity index (χ0) is 19.7. The number of tetrazole rings is 1. The molecule has 0 aliphatic carbocycles. The van der Waals surface area contributed by atoms with Gasteiger partial charge in [0.25, 0.3) is 0 Å². The maximum Gasteiger partial charge on any atom is 0.248 e. The van der Waals surface area contributed by atoms with Crippen molar-refractivity contribution < 1.29 is 18.7 Å². The summed E-state index contributed by atoms with van der Waals surface area (Å²) in [6.07, 6.45) is 2.91. The Morgan fingerprint density at radius 3 is 2.96 bits per heavy atom. The van der Waals surface area contributed by atoms with Gasteiger partial charge in [-0.2, -0.15) is 4.68 Å². The van der Waals surface area contributed by atoms with Crippen molar-refractivity contribution in [1.29, 1.82) is 0 Å². The van der Waals surface area contributed by atoms with Crippen molar-refractivity contribution in [1.82, 2.24) is 20.2 Å². The van der Waals surface area contributed by atoms with Crippen LogP contribution in [0.15, 0.2) is 36.4 Å². The van der Waals surface area contributed by atoms with Crippen molar-refractivity contribution in [3.05, 3.63) is 58.6 Å². The molecule has 1 N–H and O–H groups in total. The average Bonchev–Trinajstić information content (AvgIpc) is 3.31. The number of halogens is 2. The number of amides is 1. The molecule has 0 atom stereocenters. The van der Waals surface area contributed by atoms with Crippen LogP contribution in [0.2, 0.25) is 5.02 Å². The topological polar surface area (TPSA) is 91.2 Å². The third kappa shape index (κ3) is 3.52. The van der Waals surface area contributed by atoms with Crippen LogP contribution in [0.5, 0.6) is 11.5 Å². The molecule has 142 valence electrons. The number of aromatic nitrogens is 4. The molecule has 0 spiro atoms. The van der Waals surface area contributed by atoms with Crippen LogP contribution >= 0.6 is 11.6 Å². The van der Waals surface area contributed by atoms with Gasteiger partial charge in [-0.15, -0.1) is 5.10 Å². The molecule has 1 aliphatic heterocycles. The molecule has 28 heavy (non-hydrogen) atoms. The first kappa shape index (κ1) is 17.9. The minimum atomic E-state index is -0.515. The van der Waals surface area contributed by atoms with Crippen LogP contribution in [0.3, 0.4) is 0 Å². The summed E-state index contributed by atoms with van der Waals surface area (Å²) >= 11 is 6.12. The van der Waals surface area contributed by atoms with Crippen molar-refractivity contribution in [2.75, 3.05) is 12.1 Å². The molecule has 3 aromatic rings. The monoisotopic (exact) mass is 401 g/mol. The lowest BCUT2D eigenvalue weighted by molar-refractivity contribution is -0.111. The molecule has 2 heterocycles. The van der Waals surface area contributed by atoms with Gasteiger partial charge < -0.3 is 14.8 Å². The van der Waals surface area contributed by atoms with Gasteiger partial charge in [-0.05, 0) is 59.3 Å². The van der Waals surface area contributed by atoms with E-state index in [4.69, 9.17) is 21.1 Å². The smallest absolute Gasteiger partial charge is 0.248 e. The Morgan fingerprint density at radius 1 is 1.32 bits per heavy atom. The summed E-state index contributed by atoms with van der Waals surface area (Å²) < 4.78 is 25.9. The zero-order valence-corrected chi connectivity index (χ0v) is 15.3. The molecule has 0 radical (unpaired) electrons. The van der Waals surface area contributed by atoms with Crippen molar-refractivity contribution in [3.8, 4) is 17.2 Å². The van der Waals surface area contributed by atoms with Crippen LogP contribution in [0.1, 0.15) is 11.4 Å². The van der Waals surface area contributed by atoms with E-state index in [9.17, 15) is 9.18 Å². The van der Waals surface area contributed by atoms with Gasteiger partial charge in [-0.3, -0.25) is 4.79 Å². The van der Waals surface area contributed by atoms with Crippen LogP contribution in [-0.2, 0) is 4.79 Å². The van der Waals surface area contributed by atoms with E-state index in [1.165, 1.54) is 29.0 Å². The summed E-state index contributed by atoms with van der Waals surface area (Å²) in [5, 5.41) is 14.0. The number of hydrogen-bond donors (Lipinski definition) is 1. The number of fused-ring (bicyclic) bond motifs is 1. The molecular formula is C18H13ClFN5O3. The maximum absolute atomic E-state index is 14.1. The molecule has 0 bridgehead atoms. The fourth-order valence-corrected chi connectivity index (χ4v) is 2.92. The molecule has 0 saturated carbocycles. The van der Waals surface area contributed by atoms with E-state index < -0.39 is 11.7 Å². The second-order valence-corrected chi connectivity index (χ2v) is 6.27. The number of nitrogens with one attached hydrogen (secondary N) is 1. The number of carbonyl (C=O) groups is 1. The number of aryl methyl sites for hydroxylation is 1. The first-order valence-electron chi connectivity index (χ1n) is 8.14. The first-order chi connectivity index (χ1) is 13.5. The van der Waals surface area contributed by atoms with E-state index in [1.54, 1.807) is 25.1 Å². The quantitative estimate of drug-likeness (QED) is 0.675. The summed E-state index contributed by atoms with van der Waals surface area (Å²) in [5.74, 6) is 0.508. The number of hydrogen-bond acceptors (Lipinski definition) is 6. The SMILES string of the molecule is Cc1nnnn1-c1cc(NC(=O)/C=C/c2cc(Cl)c3c(c2)OCO3)ccc1F. The van der Waals surface area contributed by atoms with Gasteiger partial charge in [0.15, 0.2) is 17.3 Å². The molecule has 0 fully saturated rings. The van der Waals surface area contributed by atoms with Gasteiger partial charge in [0, 0.05) is 11.8 Å². The minimum Gasteiger partial charge on any atom is -0.454 e. The number of rotatable bonds is 4. The third-order valence-corrected chi connectivity index (χ3v) is 4.22. The highest BCUT2D eigenvalue weighted by Crippen LogP contribution is 2.40. The molecule has 10 heteroatoms. The van der Waals surface area contributed by atoms with Crippen molar-refractivity contribution in [2.24, 2.45) is 0 Å². The molecule has 1 aromatic heterocycles. The predicted molar refractivity (Wildman–Crippen MR) is 99.1 cm³/mol. The summed E-state index contributed by atoms with van der Waals surface area (Å²) in [6.45, 7) is 1.75. The first-order valence-corrected chi connectivity index (χ1v) is 8.52. The summed E-state index contributed by atoms with van der Waals surface area (Å²) in [5.41, 5.74) is 1.20. The molecule has 2 aromatic carbocycles. The van der Waals surface area contributed by atoms with Crippen LogP contribution in [0, 0.1) is 12.7 Å². The summed E-state index contributed by atoms with van der Waals surface area (Å²) in [6, 6.07) is 7.50. The number of nitrogens with zero attached hydrogens (tertiary/aromatic N) is 4. The second kappa shape index (κ2) is 7.28. The summed E-state index contributed by atoms with van der Waals surface area (Å²) in [7, 11) is 0. The fraction of sp³-hybridized carbons (Fsp3) is 0.111. The average molecular weight is 402 g/mol. The summed E-state index contributed by atoms with van der Waals surface area (Å²) in [4.78, 5) is 12.2. The lowest BCUT2D eigenvalue weighted by Gasteiger charge is -2.07. The fourth-order valence-electron chi connectivity index (χ4n) is 2.65. The van der Waals surface area contributed by atoms with E-state index >= 15 is 0 Å². The van der Waals surface area contributed by atoms with E-state index in [1.807, 2.05) is 0 Å².